The van der Waals surface area contributed by atoms with Gasteiger partial charge in [-0.1, -0.05) is 46.3 Å². The van der Waals surface area contributed by atoms with Gasteiger partial charge in [0.1, 0.15) is 22.9 Å². The van der Waals surface area contributed by atoms with Crippen molar-refractivity contribution in [3.05, 3.63) is 94.1 Å². The molecule has 5 rings (SSSR count). The smallest absolute Gasteiger partial charge is 0.343 e. The van der Waals surface area contributed by atoms with E-state index in [-0.39, 0.29) is 17.0 Å². The molecule has 0 saturated heterocycles. The Balaban J connectivity index is 1.45. The van der Waals surface area contributed by atoms with E-state index in [4.69, 9.17) is 28.4 Å². The Bertz CT molecular complexity index is 1910. The lowest BCUT2D eigenvalue weighted by Gasteiger charge is -2.14. The average molecular weight is 689 g/mol. The molecule has 0 spiro atoms. The van der Waals surface area contributed by atoms with Crippen LogP contribution < -0.4 is 33.8 Å². The maximum absolute atomic E-state index is 13.6. The van der Waals surface area contributed by atoms with E-state index in [9.17, 15) is 9.59 Å². The van der Waals surface area contributed by atoms with Crippen molar-refractivity contribution in [1.82, 2.24) is 10.4 Å². The molecule has 0 bridgehead atoms. The summed E-state index contributed by atoms with van der Waals surface area (Å²) in [5.41, 5.74) is 5.45. The average Bonchev–Trinajstić information content (AvgIpc) is 3.49. The van der Waals surface area contributed by atoms with Gasteiger partial charge >= 0.3 is 5.97 Å². The van der Waals surface area contributed by atoms with Crippen molar-refractivity contribution in [2.24, 2.45) is 5.10 Å². The van der Waals surface area contributed by atoms with Crippen LogP contribution in [0.15, 0.2) is 82.4 Å². The van der Waals surface area contributed by atoms with Crippen LogP contribution in [-0.4, -0.2) is 58.6 Å². The van der Waals surface area contributed by atoms with Crippen molar-refractivity contribution in [3.8, 4) is 45.6 Å². The third-order valence-corrected chi connectivity index (χ3v) is 7.55. The molecule has 0 unspecified atom stereocenters. The summed E-state index contributed by atoms with van der Waals surface area (Å²) in [4.78, 5) is 30.0. The van der Waals surface area contributed by atoms with Crippen molar-refractivity contribution in [3.63, 3.8) is 0 Å². The molecule has 0 fully saturated rings. The first-order valence-corrected chi connectivity index (χ1v) is 14.6. The fourth-order valence-corrected chi connectivity index (χ4v) is 5.32. The van der Waals surface area contributed by atoms with Gasteiger partial charge in [-0.15, -0.1) is 0 Å². The van der Waals surface area contributed by atoms with Crippen LogP contribution in [0.1, 0.15) is 26.4 Å². The number of H-pyrrole nitrogens is 1. The third kappa shape index (κ3) is 6.33. The molecule has 0 aliphatic rings. The number of aromatic amines is 1. The van der Waals surface area contributed by atoms with Gasteiger partial charge in [0, 0.05) is 15.6 Å². The molecule has 46 heavy (non-hydrogen) atoms. The standard InChI is InChI=1S/C34H30BrN3O8/c1-41-24-13-14-25(42-2)30-29(24)28(19-9-7-6-8-10-19)31(37-30)33(39)38-36-18-21-15-22(35)11-12-23(21)46-34(40)20-16-26(43-3)32(45-5)27(17-20)44-4/h6-18,37H,1-5H3,(H,38,39). The number of carbonyl (C=O) groups excluding carboxylic acids is 2. The SMILES string of the molecule is COc1cc(C(=O)Oc2ccc(Br)cc2C=NNC(=O)c2[nH]c3c(OC)ccc(OC)c3c2-c2ccccc2)cc(OC)c1OC. The van der Waals surface area contributed by atoms with Crippen molar-refractivity contribution >= 4 is 44.9 Å². The van der Waals surface area contributed by atoms with E-state index in [2.05, 4.69) is 31.4 Å². The molecule has 5 aromatic rings. The highest BCUT2D eigenvalue weighted by molar-refractivity contribution is 9.10. The number of hydrogen-bond acceptors (Lipinski definition) is 9. The van der Waals surface area contributed by atoms with Crippen LogP contribution in [0.5, 0.6) is 34.5 Å². The van der Waals surface area contributed by atoms with Crippen LogP contribution >= 0.6 is 15.9 Å². The normalized spacial score (nSPS) is 10.9. The molecule has 0 aliphatic heterocycles. The summed E-state index contributed by atoms with van der Waals surface area (Å²) in [6, 6.07) is 21.0. The second-order valence-corrected chi connectivity index (χ2v) is 10.6. The van der Waals surface area contributed by atoms with Crippen LogP contribution in [0.2, 0.25) is 0 Å². The Morgan fingerprint density at radius 2 is 1.39 bits per heavy atom. The maximum Gasteiger partial charge on any atom is 0.343 e. The van der Waals surface area contributed by atoms with Crippen LogP contribution in [0.4, 0.5) is 0 Å². The van der Waals surface area contributed by atoms with E-state index >= 15 is 0 Å². The van der Waals surface area contributed by atoms with Crippen molar-refractivity contribution in [1.29, 1.82) is 0 Å². The van der Waals surface area contributed by atoms with E-state index < -0.39 is 11.9 Å². The molecule has 0 radical (unpaired) electrons. The molecular weight excluding hydrogens is 658 g/mol. The molecule has 0 aliphatic carbocycles. The summed E-state index contributed by atoms with van der Waals surface area (Å²) in [6.07, 6.45) is 1.38. The van der Waals surface area contributed by atoms with Gasteiger partial charge in [-0.3, -0.25) is 4.79 Å². The zero-order valence-electron chi connectivity index (χ0n) is 25.6. The van der Waals surface area contributed by atoms with E-state index in [1.54, 1.807) is 44.6 Å². The van der Waals surface area contributed by atoms with Gasteiger partial charge in [0.2, 0.25) is 5.75 Å². The first kappa shape index (κ1) is 31.9. The Labute approximate surface area is 273 Å². The number of esters is 1. The molecule has 1 heterocycles. The second-order valence-electron chi connectivity index (χ2n) is 9.65. The highest BCUT2D eigenvalue weighted by atomic mass is 79.9. The predicted octanol–water partition coefficient (Wildman–Crippen LogP) is 6.62. The van der Waals surface area contributed by atoms with E-state index in [1.807, 2.05) is 30.3 Å². The highest BCUT2D eigenvalue weighted by Gasteiger charge is 2.24. The quantitative estimate of drug-likeness (QED) is 0.0686. The van der Waals surface area contributed by atoms with Crippen molar-refractivity contribution < 1.29 is 38.0 Å². The van der Waals surface area contributed by atoms with E-state index in [1.165, 1.54) is 39.7 Å². The summed E-state index contributed by atoms with van der Waals surface area (Å²) in [7, 11) is 7.50. The third-order valence-electron chi connectivity index (χ3n) is 7.05. The lowest BCUT2D eigenvalue weighted by molar-refractivity contribution is 0.0733. The number of methoxy groups -OCH3 is 5. The topological polar surface area (TPSA) is 130 Å². The number of halogens is 1. The summed E-state index contributed by atoms with van der Waals surface area (Å²) >= 11 is 3.44. The van der Waals surface area contributed by atoms with Gasteiger partial charge in [-0.25, -0.2) is 10.2 Å². The molecule has 1 amide bonds. The minimum atomic E-state index is -0.672. The molecule has 0 saturated carbocycles. The van der Waals surface area contributed by atoms with Gasteiger partial charge < -0.3 is 33.4 Å². The first-order chi connectivity index (χ1) is 22.3. The van der Waals surface area contributed by atoms with E-state index in [0.29, 0.717) is 55.3 Å². The molecule has 12 heteroatoms. The molecule has 11 nitrogen and oxygen atoms in total. The minimum absolute atomic E-state index is 0.173. The molecule has 2 N–H and O–H groups in total. The Kier molecular flexibility index (Phi) is 9.77. The number of hydrogen-bond donors (Lipinski definition) is 2. The number of nitrogens with zero attached hydrogens (tertiary/aromatic N) is 1. The summed E-state index contributed by atoms with van der Waals surface area (Å²) < 4.78 is 33.7. The summed E-state index contributed by atoms with van der Waals surface area (Å²) in [5.74, 6) is 1.08. The largest absolute Gasteiger partial charge is 0.496 e. The minimum Gasteiger partial charge on any atom is -0.496 e. The van der Waals surface area contributed by atoms with Crippen LogP contribution in [0, 0.1) is 0 Å². The number of hydrazone groups is 1. The van der Waals surface area contributed by atoms with Crippen LogP contribution in [0.3, 0.4) is 0 Å². The van der Waals surface area contributed by atoms with E-state index in [0.717, 1.165) is 5.56 Å². The Morgan fingerprint density at radius 1 is 0.761 bits per heavy atom. The van der Waals surface area contributed by atoms with Crippen LogP contribution in [-0.2, 0) is 0 Å². The number of rotatable bonds is 11. The lowest BCUT2D eigenvalue weighted by atomic mass is 10.0. The Morgan fingerprint density at radius 3 is 2.02 bits per heavy atom. The van der Waals surface area contributed by atoms with Gasteiger partial charge in [0.25, 0.3) is 5.91 Å². The zero-order valence-corrected chi connectivity index (χ0v) is 27.2. The van der Waals surface area contributed by atoms with Gasteiger partial charge in [0.15, 0.2) is 11.5 Å². The van der Waals surface area contributed by atoms with Crippen molar-refractivity contribution in [2.45, 2.75) is 0 Å². The fourth-order valence-electron chi connectivity index (χ4n) is 4.94. The molecule has 4 aromatic carbocycles. The number of fused-ring (bicyclic) bond motifs is 1. The number of carbonyl (C=O) groups is 2. The summed E-state index contributed by atoms with van der Waals surface area (Å²) in [6.45, 7) is 0. The maximum atomic E-state index is 13.6. The second kappa shape index (κ2) is 14.1. The zero-order chi connectivity index (χ0) is 32.8. The number of nitrogens with one attached hydrogen (secondary N) is 2. The lowest BCUT2D eigenvalue weighted by Crippen LogP contribution is -2.19. The molecule has 0 atom stereocenters. The summed E-state index contributed by atoms with van der Waals surface area (Å²) in [5, 5.41) is 4.88. The molecule has 236 valence electrons. The predicted molar refractivity (Wildman–Crippen MR) is 177 cm³/mol. The van der Waals surface area contributed by atoms with Gasteiger partial charge in [0.05, 0.1) is 58.2 Å². The first-order valence-electron chi connectivity index (χ1n) is 13.8. The van der Waals surface area contributed by atoms with Gasteiger partial charge in [-0.2, -0.15) is 5.10 Å². The highest BCUT2D eigenvalue weighted by Crippen LogP contribution is 2.42. The van der Waals surface area contributed by atoms with Crippen molar-refractivity contribution in [2.75, 3.05) is 35.5 Å². The number of benzene rings is 4. The van der Waals surface area contributed by atoms with Gasteiger partial charge in [-0.05, 0) is 48.0 Å². The number of amides is 1. The number of aromatic nitrogens is 1. The number of ether oxygens (including phenoxy) is 6. The Hall–Kier alpha value is -5.49. The molecular formula is C34H30BrN3O8. The fraction of sp³-hybridized carbons (Fsp3) is 0.147. The molecule has 1 aromatic heterocycles. The van der Waals surface area contributed by atoms with Crippen LogP contribution in [0.25, 0.3) is 22.0 Å². The monoisotopic (exact) mass is 687 g/mol.